The lowest BCUT2D eigenvalue weighted by Gasteiger charge is -2.21. The first kappa shape index (κ1) is 30.9. The van der Waals surface area contributed by atoms with Crippen molar-refractivity contribution in [2.75, 3.05) is 13.2 Å². The van der Waals surface area contributed by atoms with Crippen molar-refractivity contribution in [2.24, 2.45) is 0 Å². The van der Waals surface area contributed by atoms with Crippen molar-refractivity contribution < 1.29 is 28.5 Å². The van der Waals surface area contributed by atoms with Crippen LogP contribution in [0.3, 0.4) is 0 Å². The maximum Gasteiger partial charge on any atom is 0.513 e. The summed E-state index contributed by atoms with van der Waals surface area (Å²) in [7, 11) is 0. The molecule has 6 aromatic carbocycles. The third-order valence-corrected chi connectivity index (χ3v) is 8.32. The molecule has 0 bridgehead atoms. The van der Waals surface area contributed by atoms with Crippen LogP contribution in [-0.2, 0) is 9.47 Å². The van der Waals surface area contributed by atoms with Gasteiger partial charge in [-0.2, -0.15) is 0 Å². The number of benzene rings is 6. The van der Waals surface area contributed by atoms with Crippen molar-refractivity contribution in [3.8, 4) is 22.6 Å². The van der Waals surface area contributed by atoms with E-state index in [1.165, 1.54) is 0 Å². The molecule has 0 radical (unpaired) electrons. The van der Waals surface area contributed by atoms with Crippen LogP contribution in [0.1, 0.15) is 52.4 Å². The molecule has 0 heterocycles. The molecule has 0 N–H and O–H groups in total. The Morgan fingerprint density at radius 2 is 0.717 bits per heavy atom. The van der Waals surface area contributed by atoms with Crippen LogP contribution in [0.5, 0.6) is 11.5 Å². The minimum atomic E-state index is -0.710. The topological polar surface area (TPSA) is 71.1 Å². The van der Waals surface area contributed by atoms with E-state index >= 15 is 0 Å². The largest absolute Gasteiger partial charge is 0.513 e. The highest BCUT2D eigenvalue weighted by Gasteiger charge is 2.24. The minimum Gasteiger partial charge on any atom is -0.434 e. The number of rotatable bonds is 11. The zero-order valence-electron chi connectivity index (χ0n) is 26.3. The number of hydrogen-bond acceptors (Lipinski definition) is 6. The van der Waals surface area contributed by atoms with Crippen molar-refractivity contribution >= 4 is 55.4 Å². The first-order valence-corrected chi connectivity index (χ1v) is 16.2. The van der Waals surface area contributed by atoms with E-state index in [0.29, 0.717) is 24.7 Å². The molecule has 0 amide bonds. The third kappa shape index (κ3) is 6.20. The van der Waals surface area contributed by atoms with Gasteiger partial charge in [0.15, 0.2) is 0 Å². The van der Waals surface area contributed by atoms with Gasteiger partial charge in [-0.3, -0.25) is 0 Å². The number of carbonyl (C=O) groups is 2. The van der Waals surface area contributed by atoms with Crippen LogP contribution >= 0.6 is 0 Å². The molecule has 0 unspecified atom stereocenters. The number of ether oxygens (including phenoxy) is 4. The molecule has 6 nitrogen and oxygen atoms in total. The van der Waals surface area contributed by atoms with Gasteiger partial charge in [-0.15, -0.1) is 0 Å². The molecular formula is C40H38O6. The second kappa shape index (κ2) is 14.3. The lowest BCUT2D eigenvalue weighted by Crippen LogP contribution is -2.12. The monoisotopic (exact) mass is 614 g/mol. The van der Waals surface area contributed by atoms with E-state index < -0.39 is 12.3 Å². The second-order valence-corrected chi connectivity index (χ2v) is 11.4. The molecular weight excluding hydrogens is 576 g/mol. The summed E-state index contributed by atoms with van der Waals surface area (Å²) in [6.07, 6.45) is 4.21. The summed E-state index contributed by atoms with van der Waals surface area (Å²) >= 11 is 0. The summed E-state index contributed by atoms with van der Waals surface area (Å²) in [5.74, 6) is 0.935. The van der Waals surface area contributed by atoms with Gasteiger partial charge in [0.2, 0.25) is 0 Å². The highest BCUT2D eigenvalue weighted by atomic mass is 16.7. The highest BCUT2D eigenvalue weighted by molar-refractivity contribution is 6.26. The van der Waals surface area contributed by atoms with E-state index in [1.54, 1.807) is 0 Å². The standard InChI is InChI=1S/C40H38O6/c1-3-5-15-25-43-39(41)45-37-31-21-11-7-17-27(31)35(28-18-8-12-22-32(28)37)36-29-19-9-13-23-33(29)38(34-24-14-10-20-30(34)36)46-40(42)44-26-16-6-4-2/h7-14,17-24H,3-6,15-16,25-26H2,1-2H3. The summed E-state index contributed by atoms with van der Waals surface area (Å²) in [4.78, 5) is 25.8. The number of carbonyl (C=O) groups excluding carboxylic acids is 2. The van der Waals surface area contributed by atoms with Crippen LogP contribution in [0, 0.1) is 0 Å². The average molecular weight is 615 g/mol. The van der Waals surface area contributed by atoms with Gasteiger partial charge in [0.25, 0.3) is 0 Å². The fraction of sp³-hybridized carbons (Fsp3) is 0.250. The minimum absolute atomic E-state index is 0.319. The molecule has 234 valence electrons. The Morgan fingerprint density at radius 1 is 0.435 bits per heavy atom. The molecule has 6 aromatic rings. The number of unbranched alkanes of at least 4 members (excludes halogenated alkanes) is 4. The maximum absolute atomic E-state index is 12.9. The molecule has 0 aliphatic heterocycles. The molecule has 0 aliphatic carbocycles. The molecule has 46 heavy (non-hydrogen) atoms. The maximum atomic E-state index is 12.9. The first-order valence-electron chi connectivity index (χ1n) is 16.2. The average Bonchev–Trinajstić information content (AvgIpc) is 3.09. The van der Waals surface area contributed by atoms with E-state index in [4.69, 9.17) is 18.9 Å². The summed E-state index contributed by atoms with van der Waals surface area (Å²) in [5, 5.41) is 6.89. The Morgan fingerprint density at radius 3 is 1.00 bits per heavy atom. The van der Waals surface area contributed by atoms with Gasteiger partial charge in [0.05, 0.1) is 13.2 Å². The second-order valence-electron chi connectivity index (χ2n) is 11.4. The van der Waals surface area contributed by atoms with Crippen LogP contribution in [0.15, 0.2) is 97.1 Å². The van der Waals surface area contributed by atoms with Crippen molar-refractivity contribution in [3.05, 3.63) is 97.1 Å². The Kier molecular flexibility index (Phi) is 9.63. The van der Waals surface area contributed by atoms with Crippen molar-refractivity contribution in [1.82, 2.24) is 0 Å². The molecule has 6 rings (SSSR count). The van der Waals surface area contributed by atoms with Crippen LogP contribution in [0.4, 0.5) is 9.59 Å². The fourth-order valence-electron chi connectivity index (χ4n) is 6.18. The lowest BCUT2D eigenvalue weighted by atomic mass is 9.85. The van der Waals surface area contributed by atoms with E-state index in [-0.39, 0.29) is 0 Å². The molecule has 6 heteroatoms. The van der Waals surface area contributed by atoms with E-state index in [1.807, 2.05) is 72.8 Å². The van der Waals surface area contributed by atoms with Gasteiger partial charge in [-0.05, 0) is 45.5 Å². The van der Waals surface area contributed by atoms with Gasteiger partial charge >= 0.3 is 12.3 Å². The summed E-state index contributed by atoms with van der Waals surface area (Å²) in [6.45, 7) is 4.85. The fourth-order valence-corrected chi connectivity index (χ4v) is 6.18. The van der Waals surface area contributed by atoms with E-state index in [9.17, 15) is 9.59 Å². The Bertz CT molecular complexity index is 1770. The summed E-state index contributed by atoms with van der Waals surface area (Å²) in [6, 6.07) is 31.8. The predicted molar refractivity (Wildman–Crippen MR) is 185 cm³/mol. The van der Waals surface area contributed by atoms with Crippen LogP contribution < -0.4 is 9.47 Å². The van der Waals surface area contributed by atoms with Crippen molar-refractivity contribution in [3.63, 3.8) is 0 Å². The van der Waals surface area contributed by atoms with E-state index in [0.717, 1.165) is 92.7 Å². The van der Waals surface area contributed by atoms with Gasteiger partial charge in [0.1, 0.15) is 11.5 Å². The van der Waals surface area contributed by atoms with Gasteiger partial charge in [-0.25, -0.2) is 9.59 Å². The molecule has 0 spiro atoms. The smallest absolute Gasteiger partial charge is 0.434 e. The highest BCUT2D eigenvalue weighted by Crippen LogP contribution is 2.49. The van der Waals surface area contributed by atoms with Gasteiger partial charge in [-0.1, -0.05) is 137 Å². The summed E-state index contributed by atoms with van der Waals surface area (Å²) < 4.78 is 22.8. The normalized spacial score (nSPS) is 11.3. The van der Waals surface area contributed by atoms with Gasteiger partial charge < -0.3 is 18.9 Å². The third-order valence-electron chi connectivity index (χ3n) is 8.32. The lowest BCUT2D eigenvalue weighted by molar-refractivity contribution is 0.0973. The number of hydrogen-bond donors (Lipinski definition) is 0. The zero-order chi connectivity index (χ0) is 31.9. The molecule has 0 saturated carbocycles. The Balaban J connectivity index is 1.56. The Labute approximate surface area is 268 Å². The molecule has 0 saturated heterocycles. The molecule has 0 atom stereocenters. The van der Waals surface area contributed by atoms with Crippen molar-refractivity contribution in [1.29, 1.82) is 0 Å². The van der Waals surface area contributed by atoms with Gasteiger partial charge in [0, 0.05) is 21.5 Å². The van der Waals surface area contributed by atoms with Crippen LogP contribution in [0.25, 0.3) is 54.2 Å². The predicted octanol–water partition coefficient (Wildman–Crippen LogP) is 11.4. The molecule has 0 aliphatic rings. The quantitative estimate of drug-likeness (QED) is 0.0626. The zero-order valence-corrected chi connectivity index (χ0v) is 26.3. The van der Waals surface area contributed by atoms with Crippen LogP contribution in [0.2, 0.25) is 0 Å². The number of fused-ring (bicyclic) bond motifs is 4. The van der Waals surface area contributed by atoms with Crippen LogP contribution in [-0.4, -0.2) is 25.5 Å². The Hall–Kier alpha value is -5.10. The molecule has 0 aromatic heterocycles. The first-order chi connectivity index (χ1) is 22.6. The SMILES string of the molecule is CCCCCOC(=O)Oc1c2ccccc2c(-c2c3ccccc3c(OC(=O)OCCCCC)c3ccccc23)c2ccccc12. The van der Waals surface area contributed by atoms with Crippen molar-refractivity contribution in [2.45, 2.75) is 52.4 Å². The van der Waals surface area contributed by atoms with E-state index in [2.05, 4.69) is 38.1 Å². The molecule has 0 fully saturated rings. The summed E-state index contributed by atoms with van der Waals surface area (Å²) in [5.41, 5.74) is 1.99.